The molecular weight excluding hydrogens is 154 g/mol. The topological polar surface area (TPSA) is 68.0 Å². The van der Waals surface area contributed by atoms with E-state index in [4.69, 9.17) is 5.73 Å². The minimum Gasteiger partial charge on any atom is -0.373 e. The molecule has 0 bridgehead atoms. The van der Waals surface area contributed by atoms with Gasteiger partial charge in [-0.2, -0.15) is 0 Å². The molecule has 4 heteroatoms. The normalized spacial score (nSPS) is 9.42. The standard InChI is InChI=1S/C8H10N3O/c1-10-8-5-6(2-3-11-8)4-7(9)12/h2-5H,1H3,(H2,9,12)(H,10,11). The molecule has 0 saturated carbocycles. The largest absolute Gasteiger partial charge is 0.373 e. The van der Waals surface area contributed by atoms with Gasteiger partial charge in [0.2, 0.25) is 5.91 Å². The van der Waals surface area contributed by atoms with Gasteiger partial charge >= 0.3 is 0 Å². The Morgan fingerprint density at radius 1 is 1.75 bits per heavy atom. The fraction of sp³-hybridized carbons (Fsp3) is 0.125. The Bertz CT molecular complexity index is 285. The number of carbonyl (C=O) groups excluding carboxylic acids is 1. The van der Waals surface area contributed by atoms with E-state index in [2.05, 4.69) is 10.3 Å². The summed E-state index contributed by atoms with van der Waals surface area (Å²) in [5.74, 6) is 0.258. The Kier molecular flexibility index (Phi) is 2.63. The molecule has 1 aromatic rings. The van der Waals surface area contributed by atoms with E-state index in [0.29, 0.717) is 5.82 Å². The monoisotopic (exact) mass is 164 g/mol. The number of pyridine rings is 1. The first-order valence-corrected chi connectivity index (χ1v) is 3.50. The highest BCUT2D eigenvalue weighted by Crippen LogP contribution is 2.07. The number of aromatic nitrogens is 1. The number of hydrogen-bond acceptors (Lipinski definition) is 3. The third-order valence-electron chi connectivity index (χ3n) is 1.35. The molecule has 0 unspecified atom stereocenters. The number of nitrogens with one attached hydrogen (secondary N) is 1. The van der Waals surface area contributed by atoms with Crippen LogP contribution in [0.2, 0.25) is 0 Å². The fourth-order valence-electron chi connectivity index (χ4n) is 0.838. The number of hydrogen-bond donors (Lipinski definition) is 2. The molecule has 0 aromatic carbocycles. The first-order chi connectivity index (χ1) is 5.72. The third-order valence-corrected chi connectivity index (χ3v) is 1.35. The Hall–Kier alpha value is -1.58. The molecule has 0 spiro atoms. The number of nitrogens with zero attached hydrogens (tertiary/aromatic N) is 1. The van der Waals surface area contributed by atoms with Crippen molar-refractivity contribution < 1.29 is 4.79 Å². The number of carbonyl (C=O) groups is 1. The van der Waals surface area contributed by atoms with Crippen molar-refractivity contribution in [2.75, 3.05) is 12.4 Å². The van der Waals surface area contributed by atoms with E-state index in [9.17, 15) is 4.79 Å². The summed E-state index contributed by atoms with van der Waals surface area (Å²) >= 11 is 0. The summed E-state index contributed by atoms with van der Waals surface area (Å²) in [6, 6.07) is 3.45. The van der Waals surface area contributed by atoms with Crippen LogP contribution in [0.25, 0.3) is 0 Å². The second-order valence-corrected chi connectivity index (χ2v) is 2.27. The van der Waals surface area contributed by atoms with Crippen LogP contribution in [0.3, 0.4) is 0 Å². The van der Waals surface area contributed by atoms with Crippen molar-refractivity contribution in [1.29, 1.82) is 0 Å². The van der Waals surface area contributed by atoms with Gasteiger partial charge in [-0.05, 0) is 17.7 Å². The molecule has 0 aliphatic rings. The van der Waals surface area contributed by atoms with E-state index >= 15 is 0 Å². The van der Waals surface area contributed by atoms with Crippen LogP contribution in [0.1, 0.15) is 5.56 Å². The molecule has 3 N–H and O–H groups in total. The highest BCUT2D eigenvalue weighted by Gasteiger charge is 1.99. The predicted molar refractivity (Wildman–Crippen MR) is 46.4 cm³/mol. The molecule has 1 heterocycles. The highest BCUT2D eigenvalue weighted by atomic mass is 16.1. The van der Waals surface area contributed by atoms with E-state index in [1.54, 1.807) is 25.4 Å². The number of primary amides is 1. The third kappa shape index (κ3) is 2.23. The number of anilines is 1. The second-order valence-electron chi connectivity index (χ2n) is 2.27. The van der Waals surface area contributed by atoms with Crippen molar-refractivity contribution in [2.45, 2.75) is 0 Å². The zero-order chi connectivity index (χ0) is 8.97. The molecule has 1 aromatic heterocycles. The van der Waals surface area contributed by atoms with E-state index in [-0.39, 0.29) is 0 Å². The van der Waals surface area contributed by atoms with Gasteiger partial charge in [0, 0.05) is 13.2 Å². The Balaban J connectivity index is 2.79. The van der Waals surface area contributed by atoms with Crippen molar-refractivity contribution in [2.24, 2.45) is 5.73 Å². The highest BCUT2D eigenvalue weighted by molar-refractivity contribution is 5.86. The van der Waals surface area contributed by atoms with Crippen LogP contribution >= 0.6 is 0 Å². The minimum absolute atomic E-state index is 0.455. The Morgan fingerprint density at radius 3 is 3.08 bits per heavy atom. The smallest absolute Gasteiger partial charge is 0.226 e. The van der Waals surface area contributed by atoms with E-state index in [0.717, 1.165) is 5.56 Å². The average molecular weight is 164 g/mol. The zero-order valence-electron chi connectivity index (χ0n) is 6.74. The van der Waals surface area contributed by atoms with Gasteiger partial charge in [-0.25, -0.2) is 4.98 Å². The van der Waals surface area contributed by atoms with E-state index in [1.807, 2.05) is 0 Å². The predicted octanol–water partition coefficient (Wildman–Crippen LogP) is 0.161. The van der Waals surface area contributed by atoms with Crippen molar-refractivity contribution in [3.63, 3.8) is 0 Å². The summed E-state index contributed by atoms with van der Waals surface area (Å²) in [5, 5.41) is 2.86. The molecule has 0 saturated heterocycles. The van der Waals surface area contributed by atoms with Gasteiger partial charge in [0.1, 0.15) is 5.82 Å². The lowest BCUT2D eigenvalue weighted by atomic mass is 10.2. The number of rotatable bonds is 3. The van der Waals surface area contributed by atoms with Crippen LogP contribution in [0, 0.1) is 6.42 Å². The molecule has 0 aliphatic heterocycles. The fourth-order valence-corrected chi connectivity index (χ4v) is 0.838. The second kappa shape index (κ2) is 3.71. The quantitative estimate of drug-likeness (QED) is 0.668. The molecule has 1 amide bonds. The zero-order valence-corrected chi connectivity index (χ0v) is 6.74. The van der Waals surface area contributed by atoms with Crippen LogP contribution in [-0.2, 0) is 4.79 Å². The molecule has 0 atom stereocenters. The maximum absolute atomic E-state index is 10.5. The van der Waals surface area contributed by atoms with Gasteiger partial charge in [0.25, 0.3) is 0 Å². The van der Waals surface area contributed by atoms with Crippen LogP contribution in [-0.4, -0.2) is 17.9 Å². The Labute approximate surface area is 70.8 Å². The summed E-state index contributed by atoms with van der Waals surface area (Å²) < 4.78 is 0. The summed E-state index contributed by atoms with van der Waals surface area (Å²) in [7, 11) is 1.76. The molecule has 63 valence electrons. The SMILES string of the molecule is CNc1cc([CH]C(N)=O)ccn1. The molecule has 4 nitrogen and oxygen atoms in total. The van der Waals surface area contributed by atoms with Gasteiger partial charge in [-0.3, -0.25) is 4.79 Å². The van der Waals surface area contributed by atoms with E-state index in [1.165, 1.54) is 6.42 Å². The average Bonchev–Trinajstić information content (AvgIpc) is 2.03. The van der Waals surface area contributed by atoms with Crippen molar-refractivity contribution >= 4 is 11.7 Å². The lowest BCUT2D eigenvalue weighted by Crippen LogP contribution is -2.11. The van der Waals surface area contributed by atoms with Gasteiger partial charge in [0.05, 0.1) is 6.42 Å². The summed E-state index contributed by atoms with van der Waals surface area (Å²) in [5.41, 5.74) is 5.73. The van der Waals surface area contributed by atoms with Crippen LogP contribution in [0.4, 0.5) is 5.82 Å². The van der Waals surface area contributed by atoms with Gasteiger partial charge < -0.3 is 11.1 Å². The molecular formula is C8H10N3O. The van der Waals surface area contributed by atoms with Crippen LogP contribution < -0.4 is 11.1 Å². The van der Waals surface area contributed by atoms with Crippen molar-refractivity contribution in [1.82, 2.24) is 4.98 Å². The summed E-state index contributed by atoms with van der Waals surface area (Å²) in [6.45, 7) is 0. The van der Waals surface area contributed by atoms with Crippen molar-refractivity contribution in [3.8, 4) is 0 Å². The van der Waals surface area contributed by atoms with Crippen LogP contribution in [0.15, 0.2) is 18.3 Å². The van der Waals surface area contributed by atoms with Crippen LogP contribution in [0.5, 0.6) is 0 Å². The molecule has 1 rings (SSSR count). The van der Waals surface area contributed by atoms with E-state index < -0.39 is 5.91 Å². The molecule has 1 radical (unpaired) electrons. The van der Waals surface area contributed by atoms with Gasteiger partial charge in [-0.1, -0.05) is 0 Å². The lowest BCUT2D eigenvalue weighted by molar-refractivity contribution is -0.114. The summed E-state index contributed by atoms with van der Waals surface area (Å²) in [4.78, 5) is 14.5. The molecule has 0 fully saturated rings. The number of nitrogens with two attached hydrogens (primary N) is 1. The van der Waals surface area contributed by atoms with Gasteiger partial charge in [0.15, 0.2) is 0 Å². The first kappa shape index (κ1) is 8.52. The maximum atomic E-state index is 10.5. The van der Waals surface area contributed by atoms with Crippen molar-refractivity contribution in [3.05, 3.63) is 30.3 Å². The molecule has 12 heavy (non-hydrogen) atoms. The summed E-state index contributed by atoms with van der Waals surface area (Å²) in [6.07, 6.45) is 2.96. The van der Waals surface area contributed by atoms with Gasteiger partial charge in [-0.15, -0.1) is 0 Å². The maximum Gasteiger partial charge on any atom is 0.226 e. The Morgan fingerprint density at radius 2 is 2.50 bits per heavy atom. The lowest BCUT2D eigenvalue weighted by Gasteiger charge is -2.00. The molecule has 0 aliphatic carbocycles. The minimum atomic E-state index is -0.455. The first-order valence-electron chi connectivity index (χ1n) is 3.50. The number of amides is 1.